The Labute approximate surface area is 141 Å². The van der Waals surface area contributed by atoms with Gasteiger partial charge in [-0.3, -0.25) is 4.79 Å². The predicted octanol–water partition coefficient (Wildman–Crippen LogP) is 2.47. The van der Waals surface area contributed by atoms with Crippen molar-refractivity contribution < 1.29 is 22.7 Å². The van der Waals surface area contributed by atoms with Crippen LogP contribution in [0.25, 0.3) is 0 Å². The van der Waals surface area contributed by atoms with Crippen molar-refractivity contribution in [2.45, 2.75) is 18.6 Å². The molecule has 1 fully saturated rings. The second-order valence-electron chi connectivity index (χ2n) is 5.57. The number of benzene rings is 1. The smallest absolute Gasteiger partial charge is 0.379 e. The number of amides is 1. The Morgan fingerprint density at radius 2 is 2.08 bits per heavy atom. The van der Waals surface area contributed by atoms with Crippen molar-refractivity contribution in [2.75, 3.05) is 30.4 Å². The van der Waals surface area contributed by atoms with Crippen LogP contribution in [-0.4, -0.2) is 46.8 Å². The van der Waals surface area contributed by atoms with Crippen molar-refractivity contribution in [1.82, 2.24) is 15.0 Å². The summed E-state index contributed by atoms with van der Waals surface area (Å²) in [5.74, 6) is -0.550. The Bertz CT molecular complexity index is 741. The van der Waals surface area contributed by atoms with Gasteiger partial charge in [0.25, 0.3) is 5.91 Å². The summed E-state index contributed by atoms with van der Waals surface area (Å²) in [6, 6.07) is 6.18. The zero-order valence-electron chi connectivity index (χ0n) is 13.1. The van der Waals surface area contributed by atoms with E-state index in [0.717, 1.165) is 6.42 Å². The molecule has 1 aromatic carbocycles. The number of hydrogen-bond acceptors (Lipinski definition) is 5. The quantitative estimate of drug-likeness (QED) is 0.861. The molecule has 1 saturated heterocycles. The van der Waals surface area contributed by atoms with E-state index in [9.17, 15) is 18.0 Å². The maximum atomic E-state index is 12.4. The molecule has 1 amide bonds. The summed E-state index contributed by atoms with van der Waals surface area (Å²) < 4.78 is 43.9. The van der Waals surface area contributed by atoms with Gasteiger partial charge in [0.05, 0.1) is 30.2 Å². The van der Waals surface area contributed by atoms with Crippen LogP contribution in [0.2, 0.25) is 0 Å². The number of carbonyl (C=O) groups is 1. The highest BCUT2D eigenvalue weighted by Crippen LogP contribution is 2.24. The Kier molecular flexibility index (Phi) is 4.88. The SMILES string of the molecule is O=C(Nc1ccccc1NCC(F)(F)F)c1cn(C2CCOC2)nn1. The molecule has 2 heterocycles. The molecular formula is C15H16F3N5O2. The van der Waals surface area contributed by atoms with E-state index in [2.05, 4.69) is 20.9 Å². The first-order valence-electron chi connectivity index (χ1n) is 7.63. The summed E-state index contributed by atoms with van der Waals surface area (Å²) in [5.41, 5.74) is 0.484. The van der Waals surface area contributed by atoms with Gasteiger partial charge in [-0.1, -0.05) is 17.3 Å². The van der Waals surface area contributed by atoms with Crippen LogP contribution in [0.4, 0.5) is 24.5 Å². The Morgan fingerprint density at radius 3 is 2.76 bits per heavy atom. The lowest BCUT2D eigenvalue weighted by atomic mass is 10.2. The zero-order chi connectivity index (χ0) is 17.9. The van der Waals surface area contributed by atoms with Gasteiger partial charge in [0, 0.05) is 6.61 Å². The summed E-state index contributed by atoms with van der Waals surface area (Å²) in [5, 5.41) is 12.5. The fourth-order valence-electron chi connectivity index (χ4n) is 2.42. The number of carbonyl (C=O) groups excluding carboxylic acids is 1. The molecular weight excluding hydrogens is 339 g/mol. The van der Waals surface area contributed by atoms with Crippen LogP contribution in [0.3, 0.4) is 0 Å². The molecule has 2 N–H and O–H groups in total. The zero-order valence-corrected chi connectivity index (χ0v) is 13.1. The van der Waals surface area contributed by atoms with E-state index in [4.69, 9.17) is 4.74 Å². The number of rotatable bonds is 5. The van der Waals surface area contributed by atoms with E-state index < -0.39 is 18.6 Å². The van der Waals surface area contributed by atoms with Crippen LogP contribution in [0, 0.1) is 0 Å². The lowest BCUT2D eigenvalue weighted by Crippen LogP contribution is -2.22. The van der Waals surface area contributed by atoms with E-state index in [-0.39, 0.29) is 23.1 Å². The highest BCUT2D eigenvalue weighted by Gasteiger charge is 2.27. The number of halogens is 3. The minimum Gasteiger partial charge on any atom is -0.379 e. The largest absolute Gasteiger partial charge is 0.405 e. The summed E-state index contributed by atoms with van der Waals surface area (Å²) >= 11 is 0. The van der Waals surface area contributed by atoms with Crippen molar-refractivity contribution in [2.24, 2.45) is 0 Å². The lowest BCUT2D eigenvalue weighted by Gasteiger charge is -2.13. The number of anilines is 2. The van der Waals surface area contributed by atoms with E-state index in [1.807, 2.05) is 0 Å². The molecule has 0 radical (unpaired) electrons. The van der Waals surface area contributed by atoms with E-state index >= 15 is 0 Å². The van der Waals surface area contributed by atoms with Crippen LogP contribution in [0.5, 0.6) is 0 Å². The first-order chi connectivity index (χ1) is 11.9. The summed E-state index contributed by atoms with van der Waals surface area (Å²) in [6.07, 6.45) is -2.07. The average Bonchev–Trinajstić information content (AvgIpc) is 3.24. The lowest BCUT2D eigenvalue weighted by molar-refractivity contribution is -0.115. The van der Waals surface area contributed by atoms with Crippen LogP contribution >= 0.6 is 0 Å². The molecule has 7 nitrogen and oxygen atoms in total. The molecule has 1 atom stereocenters. The molecule has 0 saturated carbocycles. The molecule has 0 aliphatic carbocycles. The second-order valence-corrected chi connectivity index (χ2v) is 5.57. The maximum Gasteiger partial charge on any atom is 0.405 e. The summed E-state index contributed by atoms with van der Waals surface area (Å²) in [6.45, 7) is -0.0589. The van der Waals surface area contributed by atoms with Gasteiger partial charge in [0.1, 0.15) is 6.54 Å². The number of para-hydroxylation sites is 2. The molecule has 1 aliphatic heterocycles. The topological polar surface area (TPSA) is 81.1 Å². The van der Waals surface area contributed by atoms with Gasteiger partial charge in [0.2, 0.25) is 0 Å². The third kappa shape index (κ3) is 4.47. The highest BCUT2D eigenvalue weighted by molar-refractivity contribution is 6.04. The first kappa shape index (κ1) is 17.2. The highest BCUT2D eigenvalue weighted by atomic mass is 19.4. The van der Waals surface area contributed by atoms with Crippen LogP contribution < -0.4 is 10.6 Å². The van der Waals surface area contributed by atoms with Gasteiger partial charge in [-0.05, 0) is 18.6 Å². The third-order valence-electron chi connectivity index (χ3n) is 3.68. The second kappa shape index (κ2) is 7.09. The van der Waals surface area contributed by atoms with Crippen molar-refractivity contribution in [3.63, 3.8) is 0 Å². The molecule has 1 unspecified atom stereocenters. The molecule has 0 spiro atoms. The van der Waals surface area contributed by atoms with Crippen molar-refractivity contribution in [3.05, 3.63) is 36.2 Å². The number of nitrogens with one attached hydrogen (secondary N) is 2. The number of nitrogens with zero attached hydrogens (tertiary/aromatic N) is 3. The average molecular weight is 355 g/mol. The summed E-state index contributed by atoms with van der Waals surface area (Å²) in [7, 11) is 0. The van der Waals surface area contributed by atoms with Crippen LogP contribution in [0.1, 0.15) is 23.0 Å². The van der Waals surface area contributed by atoms with Gasteiger partial charge in [-0.2, -0.15) is 13.2 Å². The predicted molar refractivity (Wildman–Crippen MR) is 83.4 cm³/mol. The fourth-order valence-corrected chi connectivity index (χ4v) is 2.42. The monoisotopic (exact) mass is 355 g/mol. The van der Waals surface area contributed by atoms with Crippen molar-refractivity contribution >= 4 is 17.3 Å². The third-order valence-corrected chi connectivity index (χ3v) is 3.68. The molecule has 10 heteroatoms. The van der Waals surface area contributed by atoms with Gasteiger partial charge in [0.15, 0.2) is 5.69 Å². The molecule has 25 heavy (non-hydrogen) atoms. The molecule has 1 aliphatic rings. The molecule has 1 aromatic heterocycles. The minimum atomic E-state index is -4.36. The Hall–Kier alpha value is -2.62. The van der Waals surface area contributed by atoms with Gasteiger partial charge < -0.3 is 15.4 Å². The number of aromatic nitrogens is 3. The minimum absolute atomic E-state index is 0.0368. The van der Waals surface area contributed by atoms with Crippen molar-refractivity contribution in [1.29, 1.82) is 0 Å². The number of ether oxygens (including phenoxy) is 1. The van der Waals surface area contributed by atoms with Gasteiger partial charge in [-0.15, -0.1) is 5.10 Å². The maximum absolute atomic E-state index is 12.4. The normalized spacial score (nSPS) is 17.5. The van der Waals surface area contributed by atoms with E-state index in [1.54, 1.807) is 16.8 Å². The fraction of sp³-hybridized carbons (Fsp3) is 0.400. The standard InChI is InChI=1S/C15H16F3N5O2/c16-15(17,18)9-19-11-3-1-2-4-12(11)20-14(24)13-7-23(22-21-13)10-5-6-25-8-10/h1-4,7,10,19H,5-6,8-9H2,(H,20,24). The molecule has 2 aromatic rings. The Balaban J connectivity index is 1.68. The van der Waals surface area contributed by atoms with E-state index in [0.29, 0.717) is 13.2 Å². The number of alkyl halides is 3. The molecule has 3 rings (SSSR count). The molecule has 134 valence electrons. The van der Waals surface area contributed by atoms with Gasteiger partial charge >= 0.3 is 6.18 Å². The van der Waals surface area contributed by atoms with Crippen molar-refractivity contribution in [3.8, 4) is 0 Å². The molecule has 0 bridgehead atoms. The van der Waals surface area contributed by atoms with Crippen LogP contribution in [-0.2, 0) is 4.74 Å². The first-order valence-corrected chi connectivity index (χ1v) is 7.63. The van der Waals surface area contributed by atoms with Crippen LogP contribution in [0.15, 0.2) is 30.5 Å². The Morgan fingerprint density at radius 1 is 1.32 bits per heavy atom. The van der Waals surface area contributed by atoms with Gasteiger partial charge in [-0.25, -0.2) is 4.68 Å². The number of hydrogen-bond donors (Lipinski definition) is 2. The summed E-state index contributed by atoms with van der Waals surface area (Å²) in [4.78, 5) is 12.3. The van der Waals surface area contributed by atoms with E-state index in [1.165, 1.54) is 18.3 Å².